The van der Waals surface area contributed by atoms with Gasteiger partial charge in [0, 0.05) is 19.0 Å². The van der Waals surface area contributed by atoms with E-state index in [2.05, 4.69) is 10.6 Å². The van der Waals surface area contributed by atoms with Crippen molar-refractivity contribution in [1.29, 1.82) is 0 Å². The molecule has 1 aliphatic carbocycles. The Morgan fingerprint density at radius 1 is 0.854 bits per heavy atom. The van der Waals surface area contributed by atoms with Crippen LogP contribution in [0.15, 0.2) is 48.5 Å². The molecule has 3 rings (SSSR count). The smallest absolute Gasteiger partial charge is 0.410 e. The Labute approximate surface area is 240 Å². The third kappa shape index (κ3) is 9.12. The molecule has 3 N–H and O–H groups in total. The molecule has 1 atom stereocenters. The lowest BCUT2D eigenvalue weighted by atomic mass is 9.98. The minimum atomic E-state index is -1.50. The molecule has 0 fully saturated rings. The Morgan fingerprint density at radius 2 is 1.39 bits per heavy atom. The van der Waals surface area contributed by atoms with Crippen LogP contribution in [0.3, 0.4) is 0 Å². The van der Waals surface area contributed by atoms with Crippen molar-refractivity contribution >= 4 is 24.2 Å². The second-order valence-corrected chi connectivity index (χ2v) is 11.7. The zero-order chi connectivity index (χ0) is 30.4. The van der Waals surface area contributed by atoms with E-state index in [4.69, 9.17) is 14.2 Å². The number of hydrogen-bond donors (Lipinski definition) is 3. The zero-order valence-corrected chi connectivity index (χ0v) is 24.4. The van der Waals surface area contributed by atoms with Gasteiger partial charge in [0.15, 0.2) is 0 Å². The van der Waals surface area contributed by atoms with Crippen LogP contribution in [0.5, 0.6) is 0 Å². The van der Waals surface area contributed by atoms with Crippen LogP contribution in [0.2, 0.25) is 0 Å². The first-order valence-electron chi connectivity index (χ1n) is 13.4. The van der Waals surface area contributed by atoms with Gasteiger partial charge in [-0.15, -0.1) is 0 Å². The number of alkyl carbamates (subject to hydrolysis) is 2. The Kier molecular flexibility index (Phi) is 9.85. The van der Waals surface area contributed by atoms with Gasteiger partial charge < -0.3 is 34.9 Å². The lowest BCUT2D eigenvalue weighted by molar-refractivity contribution is -0.139. The summed E-state index contributed by atoms with van der Waals surface area (Å²) in [7, 11) is 0. The second-order valence-electron chi connectivity index (χ2n) is 11.7. The van der Waals surface area contributed by atoms with Crippen molar-refractivity contribution in [2.75, 3.05) is 26.2 Å². The third-order valence-electron chi connectivity index (χ3n) is 6.04. The van der Waals surface area contributed by atoms with E-state index in [0.29, 0.717) is 0 Å². The summed E-state index contributed by atoms with van der Waals surface area (Å²) in [5.74, 6) is -1.57. The number of aliphatic carboxylic acids is 1. The van der Waals surface area contributed by atoms with Gasteiger partial charge in [-0.05, 0) is 63.8 Å². The van der Waals surface area contributed by atoms with E-state index in [1.54, 1.807) is 41.5 Å². The first kappa shape index (κ1) is 31.3. The highest BCUT2D eigenvalue weighted by molar-refractivity contribution is 5.82. The van der Waals surface area contributed by atoms with Crippen LogP contribution >= 0.6 is 0 Å². The number of ether oxygens (including phenoxy) is 3. The Hall–Kier alpha value is -4.28. The molecular weight excluding hydrogens is 530 g/mol. The number of carbonyl (C=O) groups is 4. The van der Waals surface area contributed by atoms with Gasteiger partial charge in [0.1, 0.15) is 23.9 Å². The summed E-state index contributed by atoms with van der Waals surface area (Å²) in [6.45, 7) is 9.61. The number of carboxylic acids is 1. The SMILES string of the molecule is CC(C)(C)OC(=O)NCCN(C[C@H](NC(=O)OCC1c2ccccc2-c2ccccc21)C(=O)O)C(=O)OC(C)(C)C. The minimum Gasteiger partial charge on any atom is -0.480 e. The predicted octanol–water partition coefficient (Wildman–Crippen LogP) is 4.74. The normalized spacial score (nSPS) is 13.3. The third-order valence-corrected chi connectivity index (χ3v) is 6.04. The van der Waals surface area contributed by atoms with Gasteiger partial charge in [-0.2, -0.15) is 0 Å². The number of fused-ring (bicyclic) bond motifs is 3. The molecule has 11 heteroatoms. The molecule has 222 valence electrons. The van der Waals surface area contributed by atoms with Gasteiger partial charge in [0.05, 0.1) is 6.54 Å². The van der Waals surface area contributed by atoms with Gasteiger partial charge in [-0.1, -0.05) is 48.5 Å². The molecule has 0 saturated carbocycles. The van der Waals surface area contributed by atoms with E-state index < -0.39 is 48.0 Å². The second kappa shape index (κ2) is 12.9. The highest BCUT2D eigenvalue weighted by Gasteiger charge is 2.32. The number of nitrogens with one attached hydrogen (secondary N) is 2. The zero-order valence-electron chi connectivity index (χ0n) is 24.4. The van der Waals surface area contributed by atoms with Crippen molar-refractivity contribution in [2.45, 2.75) is 64.7 Å². The van der Waals surface area contributed by atoms with Gasteiger partial charge in [-0.3, -0.25) is 0 Å². The van der Waals surface area contributed by atoms with E-state index in [1.165, 1.54) is 0 Å². The molecule has 0 unspecified atom stereocenters. The molecule has 0 radical (unpaired) electrons. The van der Waals surface area contributed by atoms with Crippen molar-refractivity contribution in [3.63, 3.8) is 0 Å². The van der Waals surface area contributed by atoms with Crippen LogP contribution < -0.4 is 10.6 Å². The molecule has 0 heterocycles. The number of nitrogens with zero attached hydrogens (tertiary/aromatic N) is 1. The quantitative estimate of drug-likeness (QED) is 0.368. The van der Waals surface area contributed by atoms with E-state index in [1.807, 2.05) is 48.5 Å². The summed E-state index contributed by atoms with van der Waals surface area (Å²) in [5.41, 5.74) is 2.60. The number of carboxylic acid groups (broad SMARTS) is 1. The number of carbonyl (C=O) groups excluding carboxylic acids is 3. The van der Waals surface area contributed by atoms with E-state index in [9.17, 15) is 24.3 Å². The van der Waals surface area contributed by atoms with Crippen molar-refractivity contribution in [3.8, 4) is 11.1 Å². The summed E-state index contributed by atoms with van der Waals surface area (Å²) in [6, 6.07) is 14.2. The molecule has 3 amide bonds. The molecule has 11 nitrogen and oxygen atoms in total. The maximum absolute atomic E-state index is 12.9. The molecule has 0 bridgehead atoms. The minimum absolute atomic E-state index is 0.00177. The van der Waals surface area contributed by atoms with Gasteiger partial charge in [-0.25, -0.2) is 19.2 Å². The lowest BCUT2D eigenvalue weighted by Crippen LogP contribution is -2.52. The number of benzene rings is 2. The molecule has 2 aromatic rings. The van der Waals surface area contributed by atoms with E-state index in [-0.39, 0.29) is 25.6 Å². The van der Waals surface area contributed by atoms with Gasteiger partial charge in [0.2, 0.25) is 0 Å². The van der Waals surface area contributed by atoms with Crippen LogP contribution in [-0.2, 0) is 19.0 Å². The van der Waals surface area contributed by atoms with Crippen molar-refractivity contribution in [2.24, 2.45) is 0 Å². The molecule has 0 aliphatic heterocycles. The first-order chi connectivity index (χ1) is 19.1. The van der Waals surface area contributed by atoms with E-state index >= 15 is 0 Å². The number of amides is 3. The fourth-order valence-corrected chi connectivity index (χ4v) is 4.38. The summed E-state index contributed by atoms with van der Waals surface area (Å²) in [5, 5.41) is 14.7. The molecule has 0 saturated heterocycles. The predicted molar refractivity (Wildman–Crippen MR) is 152 cm³/mol. The van der Waals surface area contributed by atoms with Crippen LogP contribution in [0.4, 0.5) is 14.4 Å². The molecule has 1 aliphatic rings. The Bertz CT molecular complexity index is 1220. The highest BCUT2D eigenvalue weighted by Crippen LogP contribution is 2.44. The molecular formula is C30H39N3O8. The van der Waals surface area contributed by atoms with Crippen LogP contribution in [0.1, 0.15) is 58.6 Å². The topological polar surface area (TPSA) is 144 Å². The summed E-state index contributed by atoms with van der Waals surface area (Å²) < 4.78 is 16.1. The van der Waals surface area contributed by atoms with Crippen LogP contribution in [-0.4, -0.2) is 77.7 Å². The number of hydrogen-bond acceptors (Lipinski definition) is 7. The van der Waals surface area contributed by atoms with E-state index in [0.717, 1.165) is 27.2 Å². The fraction of sp³-hybridized carbons (Fsp3) is 0.467. The molecule has 0 aromatic heterocycles. The van der Waals surface area contributed by atoms with Crippen LogP contribution in [0, 0.1) is 0 Å². The summed E-state index contributed by atoms with van der Waals surface area (Å²) in [6.07, 6.45) is -2.42. The van der Waals surface area contributed by atoms with Gasteiger partial charge >= 0.3 is 24.2 Å². The highest BCUT2D eigenvalue weighted by atomic mass is 16.6. The Balaban J connectivity index is 1.65. The summed E-state index contributed by atoms with van der Waals surface area (Å²) >= 11 is 0. The fourth-order valence-electron chi connectivity index (χ4n) is 4.38. The van der Waals surface area contributed by atoms with Crippen molar-refractivity contribution < 1.29 is 38.5 Å². The average Bonchev–Trinajstić information content (AvgIpc) is 3.17. The maximum Gasteiger partial charge on any atom is 0.410 e. The van der Waals surface area contributed by atoms with Crippen LogP contribution in [0.25, 0.3) is 11.1 Å². The summed E-state index contributed by atoms with van der Waals surface area (Å²) in [4.78, 5) is 50.8. The lowest BCUT2D eigenvalue weighted by Gasteiger charge is -2.29. The molecule has 0 spiro atoms. The number of rotatable bonds is 9. The van der Waals surface area contributed by atoms with Crippen molar-refractivity contribution in [1.82, 2.24) is 15.5 Å². The molecule has 41 heavy (non-hydrogen) atoms. The van der Waals surface area contributed by atoms with Gasteiger partial charge in [0.25, 0.3) is 0 Å². The monoisotopic (exact) mass is 569 g/mol. The molecule has 2 aromatic carbocycles. The Morgan fingerprint density at radius 3 is 1.90 bits per heavy atom. The average molecular weight is 570 g/mol. The van der Waals surface area contributed by atoms with Crippen molar-refractivity contribution in [3.05, 3.63) is 59.7 Å². The first-order valence-corrected chi connectivity index (χ1v) is 13.4. The maximum atomic E-state index is 12.9. The standard InChI is InChI=1S/C30H39N3O8/c1-29(2,3)40-26(36)31-15-16-33(28(38)41-30(4,5)6)17-24(25(34)35)32-27(37)39-18-23-21-13-9-7-11-19(21)20-12-8-10-14-22(20)23/h7-14,23-24H,15-18H2,1-6H3,(H,31,36)(H,32,37)(H,34,35)/t24-/m0/s1. The largest absolute Gasteiger partial charge is 0.480 e.